The van der Waals surface area contributed by atoms with Gasteiger partial charge in [0.1, 0.15) is 5.75 Å². The SMILES string of the molecule is COc1cc(/C=C/CO)cc(OC)c1OC(=O)c1ccc(O)cc1. The summed E-state index contributed by atoms with van der Waals surface area (Å²) >= 11 is 0. The minimum absolute atomic E-state index is 0.0572. The second-order valence-corrected chi connectivity index (χ2v) is 4.78. The van der Waals surface area contributed by atoms with E-state index < -0.39 is 5.97 Å². The molecule has 0 atom stereocenters. The third kappa shape index (κ3) is 4.05. The molecule has 2 rings (SSSR count). The van der Waals surface area contributed by atoms with Crippen LogP contribution in [0.2, 0.25) is 0 Å². The van der Waals surface area contributed by atoms with Gasteiger partial charge in [-0.05, 0) is 42.0 Å². The van der Waals surface area contributed by atoms with E-state index >= 15 is 0 Å². The Bertz CT molecular complexity index is 709. The molecule has 0 fully saturated rings. The van der Waals surface area contributed by atoms with Gasteiger partial charge in [-0.1, -0.05) is 12.2 Å². The van der Waals surface area contributed by atoms with E-state index in [1.54, 1.807) is 24.3 Å². The lowest BCUT2D eigenvalue weighted by Gasteiger charge is -2.14. The fourth-order valence-electron chi connectivity index (χ4n) is 2.03. The molecule has 0 unspecified atom stereocenters. The maximum Gasteiger partial charge on any atom is 0.343 e. The Labute approximate surface area is 139 Å². The molecule has 6 heteroatoms. The number of benzene rings is 2. The molecule has 0 aromatic heterocycles. The summed E-state index contributed by atoms with van der Waals surface area (Å²) in [4.78, 5) is 12.3. The van der Waals surface area contributed by atoms with Crippen molar-refractivity contribution >= 4 is 12.0 Å². The molecule has 0 aliphatic rings. The smallest absolute Gasteiger partial charge is 0.343 e. The minimum atomic E-state index is -0.606. The lowest BCUT2D eigenvalue weighted by Crippen LogP contribution is -2.10. The van der Waals surface area contributed by atoms with Gasteiger partial charge in [-0.2, -0.15) is 0 Å². The van der Waals surface area contributed by atoms with Gasteiger partial charge in [-0.25, -0.2) is 4.79 Å². The average Bonchev–Trinajstić information content (AvgIpc) is 2.60. The number of carbonyl (C=O) groups excluding carboxylic acids is 1. The Morgan fingerprint density at radius 3 is 2.17 bits per heavy atom. The highest BCUT2D eigenvalue weighted by Gasteiger charge is 2.18. The number of phenolic OH excluding ortho intramolecular Hbond substituents is 1. The monoisotopic (exact) mass is 330 g/mol. The van der Waals surface area contributed by atoms with E-state index in [4.69, 9.17) is 19.3 Å². The zero-order chi connectivity index (χ0) is 17.5. The van der Waals surface area contributed by atoms with Gasteiger partial charge in [-0.3, -0.25) is 0 Å². The normalized spacial score (nSPS) is 10.6. The molecule has 2 aromatic carbocycles. The van der Waals surface area contributed by atoms with Gasteiger partial charge in [0, 0.05) is 0 Å². The van der Waals surface area contributed by atoms with Crippen LogP contribution >= 0.6 is 0 Å². The third-order valence-corrected chi connectivity index (χ3v) is 3.20. The van der Waals surface area contributed by atoms with Crippen molar-refractivity contribution in [1.29, 1.82) is 0 Å². The molecule has 0 aliphatic heterocycles. The summed E-state index contributed by atoms with van der Waals surface area (Å²) in [5, 5.41) is 18.1. The van der Waals surface area contributed by atoms with Crippen molar-refractivity contribution in [2.75, 3.05) is 20.8 Å². The molecular formula is C18H18O6. The Balaban J connectivity index is 2.35. The van der Waals surface area contributed by atoms with E-state index in [0.29, 0.717) is 11.5 Å². The van der Waals surface area contributed by atoms with Gasteiger partial charge in [-0.15, -0.1) is 0 Å². The standard InChI is InChI=1S/C18H18O6/c1-22-15-10-12(4-3-9-19)11-16(23-2)17(15)24-18(21)13-5-7-14(20)8-6-13/h3-8,10-11,19-20H,9H2,1-2H3/b4-3+. The van der Waals surface area contributed by atoms with Crippen molar-refractivity contribution in [3.63, 3.8) is 0 Å². The Hall–Kier alpha value is -2.99. The van der Waals surface area contributed by atoms with Crippen LogP contribution in [0.3, 0.4) is 0 Å². The predicted molar refractivity (Wildman–Crippen MR) is 88.7 cm³/mol. The molecule has 0 aliphatic carbocycles. The van der Waals surface area contributed by atoms with Crippen molar-refractivity contribution in [3.8, 4) is 23.0 Å². The highest BCUT2D eigenvalue weighted by Crippen LogP contribution is 2.39. The zero-order valence-corrected chi connectivity index (χ0v) is 13.4. The number of rotatable bonds is 6. The van der Waals surface area contributed by atoms with Gasteiger partial charge >= 0.3 is 5.97 Å². The lowest BCUT2D eigenvalue weighted by molar-refractivity contribution is 0.0724. The van der Waals surface area contributed by atoms with Crippen LogP contribution in [-0.4, -0.2) is 37.0 Å². The second kappa shape index (κ2) is 8.03. The van der Waals surface area contributed by atoms with Crippen LogP contribution in [0.25, 0.3) is 6.08 Å². The number of phenols is 1. The van der Waals surface area contributed by atoms with Gasteiger partial charge in [0.05, 0.1) is 26.4 Å². The summed E-state index contributed by atoms with van der Waals surface area (Å²) in [6.45, 7) is -0.0950. The quantitative estimate of drug-likeness (QED) is 0.625. The highest BCUT2D eigenvalue weighted by atomic mass is 16.6. The van der Waals surface area contributed by atoms with E-state index in [2.05, 4.69) is 0 Å². The topological polar surface area (TPSA) is 85.2 Å². The fraction of sp³-hybridized carbons (Fsp3) is 0.167. The Kier molecular flexibility index (Phi) is 5.81. The maximum atomic E-state index is 12.3. The summed E-state index contributed by atoms with van der Waals surface area (Å²) in [6, 6.07) is 9.02. The predicted octanol–water partition coefficient (Wildman–Crippen LogP) is 2.63. The first-order chi connectivity index (χ1) is 11.6. The van der Waals surface area contributed by atoms with Crippen LogP contribution in [0, 0.1) is 0 Å². The molecule has 126 valence electrons. The largest absolute Gasteiger partial charge is 0.508 e. The molecule has 0 heterocycles. The van der Waals surface area contributed by atoms with Crippen LogP contribution in [0.1, 0.15) is 15.9 Å². The second-order valence-electron chi connectivity index (χ2n) is 4.78. The summed E-state index contributed by atoms with van der Waals surface area (Å²) in [6.07, 6.45) is 3.26. The number of aromatic hydroxyl groups is 1. The molecule has 2 aromatic rings. The summed E-state index contributed by atoms with van der Waals surface area (Å²) in [5.41, 5.74) is 1.00. The molecular weight excluding hydrogens is 312 g/mol. The first kappa shape index (κ1) is 17.4. The molecule has 0 saturated heterocycles. The molecule has 0 radical (unpaired) electrons. The lowest BCUT2D eigenvalue weighted by atomic mass is 10.1. The highest BCUT2D eigenvalue weighted by molar-refractivity contribution is 5.92. The number of carbonyl (C=O) groups is 1. The average molecular weight is 330 g/mol. The molecule has 0 bridgehead atoms. The van der Waals surface area contributed by atoms with Gasteiger partial charge in [0.15, 0.2) is 11.5 Å². The number of hydrogen-bond donors (Lipinski definition) is 2. The summed E-state index contributed by atoms with van der Waals surface area (Å²) in [5.74, 6) is 0.240. The van der Waals surface area contributed by atoms with Crippen molar-refractivity contribution in [2.24, 2.45) is 0 Å². The van der Waals surface area contributed by atoms with Crippen LogP contribution in [0.5, 0.6) is 23.0 Å². The molecule has 0 spiro atoms. The van der Waals surface area contributed by atoms with Gasteiger partial charge in [0.2, 0.25) is 5.75 Å². The number of methoxy groups -OCH3 is 2. The van der Waals surface area contributed by atoms with Crippen molar-refractivity contribution in [1.82, 2.24) is 0 Å². The van der Waals surface area contributed by atoms with Crippen LogP contribution in [0.15, 0.2) is 42.5 Å². The molecule has 6 nitrogen and oxygen atoms in total. The molecule has 2 N–H and O–H groups in total. The van der Waals surface area contributed by atoms with Gasteiger partial charge in [0.25, 0.3) is 0 Å². The van der Waals surface area contributed by atoms with Crippen LogP contribution in [-0.2, 0) is 0 Å². The molecule has 0 saturated carbocycles. The van der Waals surface area contributed by atoms with Crippen molar-refractivity contribution < 1.29 is 29.2 Å². The van der Waals surface area contributed by atoms with Crippen molar-refractivity contribution in [3.05, 3.63) is 53.6 Å². The van der Waals surface area contributed by atoms with Gasteiger partial charge < -0.3 is 24.4 Å². The van der Waals surface area contributed by atoms with E-state index in [9.17, 15) is 9.90 Å². The number of aliphatic hydroxyl groups excluding tert-OH is 1. The first-order valence-electron chi connectivity index (χ1n) is 7.13. The van der Waals surface area contributed by atoms with E-state index in [1.165, 1.54) is 38.5 Å². The van der Waals surface area contributed by atoms with Crippen LogP contribution < -0.4 is 14.2 Å². The number of esters is 1. The number of ether oxygens (including phenoxy) is 3. The molecule has 24 heavy (non-hydrogen) atoms. The Morgan fingerprint density at radius 2 is 1.67 bits per heavy atom. The first-order valence-corrected chi connectivity index (χ1v) is 7.13. The molecule has 0 amide bonds. The van der Waals surface area contributed by atoms with E-state index in [1.807, 2.05) is 0 Å². The maximum absolute atomic E-state index is 12.3. The Morgan fingerprint density at radius 1 is 1.08 bits per heavy atom. The zero-order valence-electron chi connectivity index (χ0n) is 13.4. The third-order valence-electron chi connectivity index (χ3n) is 3.20. The van der Waals surface area contributed by atoms with E-state index in [0.717, 1.165) is 5.56 Å². The summed E-state index contributed by atoms with van der Waals surface area (Å²) in [7, 11) is 2.90. The number of hydrogen-bond acceptors (Lipinski definition) is 6. The minimum Gasteiger partial charge on any atom is -0.508 e. The van der Waals surface area contributed by atoms with E-state index in [-0.39, 0.29) is 23.7 Å². The van der Waals surface area contributed by atoms with Crippen LogP contribution in [0.4, 0.5) is 0 Å². The summed E-state index contributed by atoms with van der Waals surface area (Å²) < 4.78 is 15.9. The fourth-order valence-corrected chi connectivity index (χ4v) is 2.03. The van der Waals surface area contributed by atoms with Crippen molar-refractivity contribution in [2.45, 2.75) is 0 Å². The number of aliphatic hydroxyl groups is 1.